The number of carbonyl (C=O) groups is 1. The first-order valence-corrected chi connectivity index (χ1v) is 4.78. The van der Waals surface area contributed by atoms with Crippen LogP contribution in [-0.4, -0.2) is 24.0 Å². The molecule has 1 saturated heterocycles. The number of carbonyl (C=O) groups excluding carboxylic acids is 1. The predicted octanol–water partition coefficient (Wildman–Crippen LogP) is 1.77. The summed E-state index contributed by atoms with van der Waals surface area (Å²) in [6.07, 6.45) is 0. The maximum Gasteiger partial charge on any atom is 0.318 e. The van der Waals surface area contributed by atoms with Crippen LogP contribution in [0.5, 0.6) is 0 Å². The number of hydrogen-bond acceptors (Lipinski definition) is 1. The van der Waals surface area contributed by atoms with Gasteiger partial charge >= 0.3 is 6.03 Å². The summed E-state index contributed by atoms with van der Waals surface area (Å²) in [7, 11) is 1.83. The third-order valence-electron chi connectivity index (χ3n) is 2.70. The zero-order chi connectivity index (χ0) is 10.1. The Bertz CT molecular complexity index is 336. The number of benzene rings is 1. The monoisotopic (exact) mass is 190 g/mol. The van der Waals surface area contributed by atoms with Gasteiger partial charge in [-0.25, -0.2) is 4.79 Å². The third kappa shape index (κ3) is 1.35. The number of amides is 2. The van der Waals surface area contributed by atoms with E-state index in [2.05, 4.69) is 17.4 Å². The second kappa shape index (κ2) is 3.33. The molecule has 1 aromatic rings. The summed E-state index contributed by atoms with van der Waals surface area (Å²) in [5.41, 5.74) is 1.18. The van der Waals surface area contributed by atoms with Gasteiger partial charge in [0.25, 0.3) is 0 Å². The van der Waals surface area contributed by atoms with Gasteiger partial charge in [-0.05, 0) is 12.5 Å². The highest BCUT2D eigenvalue weighted by Crippen LogP contribution is 2.27. The molecule has 3 heteroatoms. The van der Waals surface area contributed by atoms with Crippen molar-refractivity contribution in [2.45, 2.75) is 19.0 Å². The summed E-state index contributed by atoms with van der Waals surface area (Å²) in [5.74, 6) is 0. The number of urea groups is 1. The molecule has 2 rings (SSSR count). The van der Waals surface area contributed by atoms with Gasteiger partial charge in [-0.2, -0.15) is 0 Å². The van der Waals surface area contributed by atoms with Gasteiger partial charge in [0.15, 0.2) is 0 Å². The Labute approximate surface area is 83.7 Å². The fourth-order valence-electron chi connectivity index (χ4n) is 2.00. The molecule has 0 saturated carbocycles. The Morgan fingerprint density at radius 3 is 2.43 bits per heavy atom. The first-order valence-electron chi connectivity index (χ1n) is 4.78. The van der Waals surface area contributed by atoms with Crippen molar-refractivity contribution in [3.8, 4) is 0 Å². The molecule has 1 aliphatic heterocycles. The first kappa shape index (κ1) is 9.06. The van der Waals surface area contributed by atoms with Crippen LogP contribution >= 0.6 is 0 Å². The van der Waals surface area contributed by atoms with Crippen LogP contribution in [0.2, 0.25) is 0 Å². The minimum Gasteiger partial charge on any atom is -0.333 e. The molecular formula is C11H14N2O. The summed E-state index contributed by atoms with van der Waals surface area (Å²) in [4.78, 5) is 13.1. The quantitative estimate of drug-likeness (QED) is 0.719. The van der Waals surface area contributed by atoms with Crippen LogP contribution in [0.3, 0.4) is 0 Å². The molecule has 1 fully saturated rings. The molecule has 2 atom stereocenters. The van der Waals surface area contributed by atoms with Crippen LogP contribution in [-0.2, 0) is 0 Å². The fourth-order valence-corrected chi connectivity index (χ4v) is 2.00. The molecular weight excluding hydrogens is 176 g/mol. The molecule has 14 heavy (non-hydrogen) atoms. The summed E-state index contributed by atoms with van der Waals surface area (Å²) in [6.45, 7) is 2.03. The van der Waals surface area contributed by atoms with Crippen molar-refractivity contribution in [1.29, 1.82) is 0 Å². The van der Waals surface area contributed by atoms with Gasteiger partial charge in [0.2, 0.25) is 0 Å². The van der Waals surface area contributed by atoms with Gasteiger partial charge in [0.1, 0.15) is 0 Å². The smallest absolute Gasteiger partial charge is 0.318 e. The highest BCUT2D eigenvalue weighted by molar-refractivity contribution is 5.77. The van der Waals surface area contributed by atoms with Crippen LogP contribution in [0.15, 0.2) is 30.3 Å². The zero-order valence-corrected chi connectivity index (χ0v) is 8.40. The Hall–Kier alpha value is -1.51. The average molecular weight is 190 g/mol. The summed E-state index contributed by atoms with van der Waals surface area (Å²) in [5, 5.41) is 2.90. The third-order valence-corrected chi connectivity index (χ3v) is 2.70. The van der Waals surface area contributed by atoms with E-state index >= 15 is 0 Å². The summed E-state index contributed by atoms with van der Waals surface area (Å²) in [6, 6.07) is 10.4. The SMILES string of the molecule is CC1NC(=O)N(C)C1c1ccccc1. The highest BCUT2D eigenvalue weighted by Gasteiger charge is 2.34. The van der Waals surface area contributed by atoms with E-state index in [-0.39, 0.29) is 18.1 Å². The summed E-state index contributed by atoms with van der Waals surface area (Å²) >= 11 is 0. The van der Waals surface area contributed by atoms with Gasteiger partial charge < -0.3 is 10.2 Å². The molecule has 1 heterocycles. The molecule has 0 radical (unpaired) electrons. The fraction of sp³-hybridized carbons (Fsp3) is 0.364. The molecule has 1 aromatic carbocycles. The van der Waals surface area contributed by atoms with Crippen LogP contribution in [0.4, 0.5) is 4.79 Å². The van der Waals surface area contributed by atoms with E-state index in [0.717, 1.165) is 0 Å². The molecule has 2 unspecified atom stereocenters. The molecule has 0 aromatic heterocycles. The predicted molar refractivity (Wildman–Crippen MR) is 54.9 cm³/mol. The van der Waals surface area contributed by atoms with Gasteiger partial charge in [-0.3, -0.25) is 0 Å². The van der Waals surface area contributed by atoms with Crippen molar-refractivity contribution >= 4 is 6.03 Å². The lowest BCUT2D eigenvalue weighted by atomic mass is 10.0. The molecule has 1 N–H and O–H groups in total. The van der Waals surface area contributed by atoms with Crippen molar-refractivity contribution in [3.63, 3.8) is 0 Å². The van der Waals surface area contributed by atoms with E-state index in [1.54, 1.807) is 4.90 Å². The minimum absolute atomic E-state index is 0.00588. The Kier molecular flexibility index (Phi) is 2.15. The Morgan fingerprint density at radius 1 is 1.29 bits per heavy atom. The van der Waals surface area contributed by atoms with Crippen LogP contribution in [0, 0.1) is 0 Å². The van der Waals surface area contributed by atoms with Crippen molar-refractivity contribution in [2.75, 3.05) is 7.05 Å². The molecule has 0 aliphatic carbocycles. The molecule has 3 nitrogen and oxygen atoms in total. The van der Waals surface area contributed by atoms with E-state index in [0.29, 0.717) is 0 Å². The normalized spacial score (nSPS) is 26.4. The van der Waals surface area contributed by atoms with Crippen molar-refractivity contribution < 1.29 is 4.79 Å². The number of nitrogens with one attached hydrogen (secondary N) is 1. The van der Waals surface area contributed by atoms with Gasteiger partial charge in [0, 0.05) is 7.05 Å². The van der Waals surface area contributed by atoms with E-state index in [1.165, 1.54) is 5.56 Å². The maximum atomic E-state index is 11.4. The highest BCUT2D eigenvalue weighted by atomic mass is 16.2. The largest absolute Gasteiger partial charge is 0.333 e. The van der Waals surface area contributed by atoms with Gasteiger partial charge in [-0.1, -0.05) is 30.3 Å². The van der Waals surface area contributed by atoms with E-state index in [4.69, 9.17) is 0 Å². The second-order valence-corrected chi connectivity index (χ2v) is 3.70. The van der Waals surface area contributed by atoms with E-state index < -0.39 is 0 Å². The number of likely N-dealkylation sites (N-methyl/N-ethyl adjacent to an activating group) is 1. The average Bonchev–Trinajstić information content (AvgIpc) is 2.43. The van der Waals surface area contributed by atoms with Crippen molar-refractivity contribution in [3.05, 3.63) is 35.9 Å². The first-order chi connectivity index (χ1) is 6.70. The van der Waals surface area contributed by atoms with Gasteiger partial charge in [0.05, 0.1) is 12.1 Å². The lowest BCUT2D eigenvalue weighted by molar-refractivity contribution is 0.216. The molecule has 1 aliphatic rings. The zero-order valence-electron chi connectivity index (χ0n) is 8.40. The molecule has 74 valence electrons. The topological polar surface area (TPSA) is 32.3 Å². The van der Waals surface area contributed by atoms with E-state index in [1.807, 2.05) is 32.2 Å². The lowest BCUT2D eigenvalue weighted by Gasteiger charge is -2.21. The number of hydrogen-bond donors (Lipinski definition) is 1. The number of rotatable bonds is 1. The van der Waals surface area contributed by atoms with Crippen molar-refractivity contribution in [2.24, 2.45) is 0 Å². The second-order valence-electron chi connectivity index (χ2n) is 3.70. The Morgan fingerprint density at radius 2 is 1.93 bits per heavy atom. The lowest BCUT2D eigenvalue weighted by Crippen LogP contribution is -2.25. The van der Waals surface area contributed by atoms with E-state index in [9.17, 15) is 4.79 Å². The minimum atomic E-state index is 0.00588. The molecule has 2 amide bonds. The standard InChI is InChI=1S/C11H14N2O/c1-8-10(13(2)11(14)12-8)9-6-4-3-5-7-9/h3-8,10H,1-2H3,(H,12,14). The summed E-state index contributed by atoms with van der Waals surface area (Å²) < 4.78 is 0. The van der Waals surface area contributed by atoms with Crippen LogP contribution in [0.25, 0.3) is 0 Å². The molecule has 0 spiro atoms. The Balaban J connectivity index is 2.31. The van der Waals surface area contributed by atoms with Crippen LogP contribution < -0.4 is 5.32 Å². The number of nitrogens with zero attached hydrogens (tertiary/aromatic N) is 1. The maximum absolute atomic E-state index is 11.4. The molecule has 0 bridgehead atoms. The van der Waals surface area contributed by atoms with Gasteiger partial charge in [-0.15, -0.1) is 0 Å². The van der Waals surface area contributed by atoms with Crippen molar-refractivity contribution in [1.82, 2.24) is 10.2 Å². The van der Waals surface area contributed by atoms with Crippen LogP contribution in [0.1, 0.15) is 18.5 Å².